The van der Waals surface area contributed by atoms with Crippen LogP contribution in [-0.2, 0) is 16.0 Å². The number of methoxy groups -OCH3 is 1. The standard InChI is InChI=1S/C16H24N2O3/c1-20-14-5-2-4-13(10-14)7-8-17-12-16(19)18-11-15-6-3-9-21-15/h2,4-5,10,15,17H,3,6-9,11-12H2,1H3,(H,18,19). The number of nitrogens with one attached hydrogen (secondary N) is 2. The molecule has 1 aliphatic rings. The molecule has 0 bridgehead atoms. The van der Waals surface area contributed by atoms with Gasteiger partial charge in [-0.15, -0.1) is 0 Å². The lowest BCUT2D eigenvalue weighted by Gasteiger charge is -2.11. The smallest absolute Gasteiger partial charge is 0.234 e. The molecule has 5 nitrogen and oxygen atoms in total. The number of benzene rings is 1. The first kappa shape index (κ1) is 15.8. The fraction of sp³-hybridized carbons (Fsp3) is 0.562. The van der Waals surface area contributed by atoms with Crippen molar-refractivity contribution >= 4 is 5.91 Å². The minimum absolute atomic E-state index is 0.0242. The van der Waals surface area contributed by atoms with Gasteiger partial charge >= 0.3 is 0 Å². The highest BCUT2D eigenvalue weighted by Crippen LogP contribution is 2.12. The van der Waals surface area contributed by atoms with Crippen LogP contribution in [0.15, 0.2) is 24.3 Å². The number of hydrogen-bond donors (Lipinski definition) is 2. The van der Waals surface area contributed by atoms with E-state index in [1.807, 2.05) is 18.2 Å². The number of hydrogen-bond acceptors (Lipinski definition) is 4. The largest absolute Gasteiger partial charge is 0.497 e. The molecule has 0 saturated carbocycles. The van der Waals surface area contributed by atoms with E-state index in [0.29, 0.717) is 13.1 Å². The summed E-state index contributed by atoms with van der Waals surface area (Å²) in [4.78, 5) is 11.7. The Morgan fingerprint density at radius 2 is 2.38 bits per heavy atom. The summed E-state index contributed by atoms with van der Waals surface area (Å²) in [6.45, 7) is 2.55. The van der Waals surface area contributed by atoms with Crippen LogP contribution in [0.1, 0.15) is 18.4 Å². The Morgan fingerprint density at radius 1 is 1.48 bits per heavy atom. The Hall–Kier alpha value is -1.59. The molecule has 1 unspecified atom stereocenters. The predicted molar refractivity (Wildman–Crippen MR) is 81.6 cm³/mol. The second kappa shape index (κ2) is 8.64. The maximum Gasteiger partial charge on any atom is 0.234 e. The summed E-state index contributed by atoms with van der Waals surface area (Å²) >= 11 is 0. The molecule has 5 heteroatoms. The van der Waals surface area contributed by atoms with Crippen molar-refractivity contribution in [3.63, 3.8) is 0 Å². The van der Waals surface area contributed by atoms with Gasteiger partial charge in [0.25, 0.3) is 0 Å². The van der Waals surface area contributed by atoms with Gasteiger partial charge in [0.1, 0.15) is 5.75 Å². The Bertz CT molecular complexity index is 445. The number of carbonyl (C=O) groups is 1. The van der Waals surface area contributed by atoms with E-state index in [1.165, 1.54) is 5.56 Å². The van der Waals surface area contributed by atoms with E-state index in [0.717, 1.165) is 38.2 Å². The maximum atomic E-state index is 11.7. The van der Waals surface area contributed by atoms with Crippen molar-refractivity contribution in [2.24, 2.45) is 0 Å². The summed E-state index contributed by atoms with van der Waals surface area (Å²) in [5.74, 6) is 0.887. The van der Waals surface area contributed by atoms with E-state index in [4.69, 9.17) is 9.47 Å². The van der Waals surface area contributed by atoms with Crippen molar-refractivity contribution in [1.29, 1.82) is 0 Å². The highest BCUT2D eigenvalue weighted by molar-refractivity contribution is 5.77. The summed E-state index contributed by atoms with van der Waals surface area (Å²) in [5, 5.41) is 6.05. The van der Waals surface area contributed by atoms with Gasteiger partial charge in [0.2, 0.25) is 5.91 Å². The van der Waals surface area contributed by atoms with Crippen LogP contribution in [-0.4, -0.2) is 45.4 Å². The van der Waals surface area contributed by atoms with E-state index in [2.05, 4.69) is 16.7 Å². The van der Waals surface area contributed by atoms with E-state index in [9.17, 15) is 4.79 Å². The molecule has 1 saturated heterocycles. The van der Waals surface area contributed by atoms with Gasteiger partial charge in [0.15, 0.2) is 0 Å². The van der Waals surface area contributed by atoms with Crippen LogP contribution in [0.3, 0.4) is 0 Å². The molecular formula is C16H24N2O3. The fourth-order valence-corrected chi connectivity index (χ4v) is 2.36. The first-order valence-electron chi connectivity index (χ1n) is 7.50. The topological polar surface area (TPSA) is 59.6 Å². The number of ether oxygens (including phenoxy) is 2. The summed E-state index contributed by atoms with van der Waals surface area (Å²) < 4.78 is 10.6. The molecule has 1 heterocycles. The average Bonchev–Trinajstić information content (AvgIpc) is 3.03. The van der Waals surface area contributed by atoms with Gasteiger partial charge in [-0.25, -0.2) is 0 Å². The summed E-state index contributed by atoms with van der Waals surface area (Å²) in [6.07, 6.45) is 3.21. The minimum atomic E-state index is 0.0242. The van der Waals surface area contributed by atoms with E-state index < -0.39 is 0 Å². The normalized spacial score (nSPS) is 17.7. The third kappa shape index (κ3) is 5.73. The Balaban J connectivity index is 1.57. The molecule has 0 radical (unpaired) electrons. The summed E-state index contributed by atoms with van der Waals surface area (Å²) in [5.41, 5.74) is 1.20. The first-order valence-corrected chi connectivity index (χ1v) is 7.50. The van der Waals surface area contributed by atoms with Gasteiger partial charge in [0, 0.05) is 13.2 Å². The second-order valence-corrected chi connectivity index (χ2v) is 5.22. The highest BCUT2D eigenvalue weighted by atomic mass is 16.5. The Kier molecular flexibility index (Phi) is 6.50. The van der Waals surface area contributed by atoms with Crippen molar-refractivity contribution in [3.05, 3.63) is 29.8 Å². The van der Waals surface area contributed by atoms with Gasteiger partial charge in [0.05, 0.1) is 19.8 Å². The average molecular weight is 292 g/mol. The number of amides is 1. The van der Waals surface area contributed by atoms with Crippen LogP contribution in [0.25, 0.3) is 0 Å². The molecule has 21 heavy (non-hydrogen) atoms. The number of rotatable bonds is 8. The number of carbonyl (C=O) groups excluding carboxylic acids is 1. The molecule has 116 valence electrons. The fourth-order valence-electron chi connectivity index (χ4n) is 2.36. The van der Waals surface area contributed by atoms with Crippen LogP contribution in [0.4, 0.5) is 0 Å². The molecule has 0 aliphatic carbocycles. The van der Waals surface area contributed by atoms with E-state index in [1.54, 1.807) is 7.11 Å². The lowest BCUT2D eigenvalue weighted by molar-refractivity contribution is -0.120. The molecule has 1 atom stereocenters. The van der Waals surface area contributed by atoms with Crippen LogP contribution in [0, 0.1) is 0 Å². The molecule has 2 N–H and O–H groups in total. The van der Waals surface area contributed by atoms with Crippen LogP contribution >= 0.6 is 0 Å². The predicted octanol–water partition coefficient (Wildman–Crippen LogP) is 1.12. The van der Waals surface area contributed by atoms with Gasteiger partial charge < -0.3 is 20.1 Å². The molecule has 1 aromatic carbocycles. The lowest BCUT2D eigenvalue weighted by atomic mass is 10.1. The molecule has 1 aliphatic heterocycles. The quantitative estimate of drug-likeness (QED) is 0.705. The van der Waals surface area contributed by atoms with Crippen LogP contribution in [0.5, 0.6) is 5.75 Å². The van der Waals surface area contributed by atoms with Crippen molar-refractivity contribution in [1.82, 2.24) is 10.6 Å². The monoisotopic (exact) mass is 292 g/mol. The minimum Gasteiger partial charge on any atom is -0.497 e. The highest BCUT2D eigenvalue weighted by Gasteiger charge is 2.15. The van der Waals surface area contributed by atoms with Gasteiger partial charge in [-0.3, -0.25) is 4.79 Å². The molecule has 1 aromatic rings. The third-order valence-electron chi connectivity index (χ3n) is 3.56. The van der Waals surface area contributed by atoms with Crippen LogP contribution in [0.2, 0.25) is 0 Å². The van der Waals surface area contributed by atoms with Crippen LogP contribution < -0.4 is 15.4 Å². The molecule has 1 fully saturated rings. The van der Waals surface area contributed by atoms with E-state index in [-0.39, 0.29) is 12.0 Å². The first-order chi connectivity index (χ1) is 10.3. The zero-order valence-corrected chi connectivity index (χ0v) is 12.6. The van der Waals surface area contributed by atoms with Crippen molar-refractivity contribution in [2.75, 3.05) is 33.4 Å². The molecule has 2 rings (SSSR count). The molecule has 0 aromatic heterocycles. The Morgan fingerprint density at radius 3 is 3.14 bits per heavy atom. The van der Waals surface area contributed by atoms with Gasteiger partial charge in [-0.2, -0.15) is 0 Å². The SMILES string of the molecule is COc1cccc(CCNCC(=O)NCC2CCCO2)c1. The zero-order valence-electron chi connectivity index (χ0n) is 12.6. The molecule has 1 amide bonds. The molecule has 0 spiro atoms. The van der Waals surface area contributed by atoms with E-state index >= 15 is 0 Å². The van der Waals surface area contributed by atoms with Gasteiger partial charge in [-0.05, 0) is 43.5 Å². The van der Waals surface area contributed by atoms with Crippen molar-refractivity contribution < 1.29 is 14.3 Å². The zero-order chi connectivity index (χ0) is 14.9. The summed E-state index contributed by atoms with van der Waals surface area (Å²) in [6, 6.07) is 7.97. The third-order valence-corrected chi connectivity index (χ3v) is 3.56. The van der Waals surface area contributed by atoms with Gasteiger partial charge in [-0.1, -0.05) is 12.1 Å². The molecular weight excluding hydrogens is 268 g/mol. The Labute approximate surface area is 126 Å². The van der Waals surface area contributed by atoms with Crippen molar-refractivity contribution in [2.45, 2.75) is 25.4 Å². The summed E-state index contributed by atoms with van der Waals surface area (Å²) in [7, 11) is 1.66. The second-order valence-electron chi connectivity index (χ2n) is 5.22. The van der Waals surface area contributed by atoms with Crippen molar-refractivity contribution in [3.8, 4) is 5.75 Å². The maximum absolute atomic E-state index is 11.7. The lowest BCUT2D eigenvalue weighted by Crippen LogP contribution is -2.38.